The summed E-state index contributed by atoms with van der Waals surface area (Å²) in [5, 5.41) is 9.38. The maximum atomic E-state index is 13.0. The molecule has 3 nitrogen and oxygen atoms in total. The minimum absolute atomic E-state index is 0.493. The molecule has 0 aromatic heterocycles. The molecule has 0 aliphatic rings. The first-order chi connectivity index (χ1) is 6.37. The maximum absolute atomic E-state index is 13.0. The van der Waals surface area contributed by atoms with Gasteiger partial charge in [0.05, 0.1) is 9.95 Å². The van der Waals surface area contributed by atoms with Crippen molar-refractivity contribution in [2.75, 3.05) is 0 Å². The first-order valence-corrected chi connectivity index (χ1v) is 3.72. The lowest BCUT2D eigenvalue weighted by molar-refractivity contribution is -0.390. The molecule has 0 N–H and O–H groups in total. The number of nitrogens with zero attached hydrogens (tertiary/aromatic N) is 1. The number of benzene rings is 1. The summed E-state index contributed by atoms with van der Waals surface area (Å²) in [4.78, 5) is 8.80. The Kier molecular flexibility index (Phi) is 2.66. The minimum Gasteiger partial charge on any atom is -0.258 e. The summed E-state index contributed by atoms with van der Waals surface area (Å²) in [6.07, 6.45) is 0. The second-order valence-corrected chi connectivity index (χ2v) is 2.86. The molecule has 0 spiro atoms. The largest absolute Gasteiger partial charge is 0.344 e. The van der Waals surface area contributed by atoms with Crippen molar-refractivity contribution in [3.8, 4) is 0 Å². The van der Waals surface area contributed by atoms with Crippen molar-refractivity contribution in [1.82, 2.24) is 0 Å². The van der Waals surface area contributed by atoms with Gasteiger partial charge in [0.25, 0.3) is 0 Å². The van der Waals surface area contributed by atoms with Crippen molar-refractivity contribution in [2.24, 2.45) is 0 Å². The molecule has 1 rings (SSSR count). The van der Waals surface area contributed by atoms with E-state index >= 15 is 0 Å². The third kappa shape index (κ3) is 1.41. The Morgan fingerprint density at radius 2 is 1.71 bits per heavy atom. The predicted molar refractivity (Wildman–Crippen MR) is 42.7 cm³/mol. The van der Waals surface area contributed by atoms with Crippen molar-refractivity contribution >= 4 is 17.3 Å². The topological polar surface area (TPSA) is 43.1 Å². The molecule has 0 amide bonds. The van der Waals surface area contributed by atoms with Crippen molar-refractivity contribution in [1.29, 1.82) is 0 Å². The van der Waals surface area contributed by atoms with Gasteiger partial charge in [0.1, 0.15) is 0 Å². The Morgan fingerprint density at radius 1 is 1.21 bits per heavy atom. The van der Waals surface area contributed by atoms with Crippen molar-refractivity contribution in [2.45, 2.75) is 6.92 Å². The number of nitro benzene ring substituents is 1. The van der Waals surface area contributed by atoms with Gasteiger partial charge in [0.15, 0.2) is 5.82 Å². The molecule has 76 valence electrons. The van der Waals surface area contributed by atoms with Crippen LogP contribution in [-0.4, -0.2) is 4.92 Å². The van der Waals surface area contributed by atoms with E-state index in [1.807, 2.05) is 0 Å². The summed E-state index contributed by atoms with van der Waals surface area (Å²) in [5.74, 6) is -4.91. The second-order valence-electron chi connectivity index (χ2n) is 2.49. The van der Waals surface area contributed by atoms with Crippen LogP contribution in [-0.2, 0) is 0 Å². The quantitative estimate of drug-likeness (QED) is 0.419. The fourth-order valence-corrected chi connectivity index (χ4v) is 1.06. The van der Waals surface area contributed by atoms with Gasteiger partial charge in [-0.3, -0.25) is 10.1 Å². The first-order valence-electron chi connectivity index (χ1n) is 3.34. The Bertz CT molecular complexity index is 393. The highest BCUT2D eigenvalue weighted by Crippen LogP contribution is 2.32. The average molecular weight is 226 g/mol. The molecule has 0 atom stereocenters. The van der Waals surface area contributed by atoms with E-state index in [1.165, 1.54) is 0 Å². The number of hydrogen-bond donors (Lipinski definition) is 0. The molecular weight excluding hydrogens is 223 g/mol. The monoisotopic (exact) mass is 225 g/mol. The molecule has 0 unspecified atom stereocenters. The van der Waals surface area contributed by atoms with Crippen LogP contribution < -0.4 is 0 Å². The molecule has 0 radical (unpaired) electrons. The Hall–Kier alpha value is -1.30. The van der Waals surface area contributed by atoms with Crippen LogP contribution >= 0.6 is 11.6 Å². The van der Waals surface area contributed by atoms with Crippen LogP contribution in [0.4, 0.5) is 18.9 Å². The summed E-state index contributed by atoms with van der Waals surface area (Å²) in [6, 6.07) is 0. The summed E-state index contributed by atoms with van der Waals surface area (Å²) in [5.41, 5.74) is -2.06. The fraction of sp³-hybridized carbons (Fsp3) is 0.143. The molecule has 0 heterocycles. The van der Waals surface area contributed by atoms with Gasteiger partial charge in [0, 0.05) is 5.56 Å². The number of nitro groups is 1. The smallest absolute Gasteiger partial charge is 0.258 e. The third-order valence-corrected chi connectivity index (χ3v) is 2.09. The van der Waals surface area contributed by atoms with Crippen LogP contribution in [0.2, 0.25) is 5.02 Å². The molecule has 1 aromatic rings. The summed E-state index contributed by atoms with van der Waals surface area (Å²) in [6.45, 7) is 1.02. The van der Waals surface area contributed by atoms with E-state index in [0.29, 0.717) is 0 Å². The van der Waals surface area contributed by atoms with Crippen LogP contribution in [0.5, 0.6) is 0 Å². The minimum atomic E-state index is -1.84. The zero-order valence-electron chi connectivity index (χ0n) is 6.78. The van der Waals surface area contributed by atoms with Crippen LogP contribution in [0, 0.1) is 34.5 Å². The molecule has 0 aliphatic heterocycles. The highest BCUT2D eigenvalue weighted by Gasteiger charge is 2.30. The van der Waals surface area contributed by atoms with E-state index < -0.39 is 38.6 Å². The van der Waals surface area contributed by atoms with Gasteiger partial charge in [0.2, 0.25) is 11.6 Å². The number of rotatable bonds is 1. The number of halogens is 4. The van der Waals surface area contributed by atoms with Crippen LogP contribution in [0.3, 0.4) is 0 Å². The Morgan fingerprint density at radius 3 is 2.14 bits per heavy atom. The zero-order chi connectivity index (χ0) is 11.0. The summed E-state index contributed by atoms with van der Waals surface area (Å²) >= 11 is 5.22. The lowest BCUT2D eigenvalue weighted by atomic mass is 10.2. The third-order valence-electron chi connectivity index (χ3n) is 1.64. The van der Waals surface area contributed by atoms with Gasteiger partial charge in [-0.25, -0.2) is 4.39 Å². The van der Waals surface area contributed by atoms with E-state index in [4.69, 9.17) is 11.6 Å². The SMILES string of the molecule is Cc1c(F)c(F)c([N+](=O)[O-])c(F)c1Cl. The van der Waals surface area contributed by atoms with Crippen molar-refractivity contribution < 1.29 is 18.1 Å². The molecule has 14 heavy (non-hydrogen) atoms. The van der Waals surface area contributed by atoms with E-state index in [9.17, 15) is 23.3 Å². The second kappa shape index (κ2) is 3.45. The standard InChI is InChI=1S/C7H3ClF3NO2/c1-2-3(8)5(10)7(12(13)14)6(11)4(2)9/h1H3. The van der Waals surface area contributed by atoms with Gasteiger partial charge >= 0.3 is 5.69 Å². The van der Waals surface area contributed by atoms with E-state index in [-0.39, 0.29) is 0 Å². The molecule has 0 bridgehead atoms. The Balaban J connectivity index is 3.68. The highest BCUT2D eigenvalue weighted by molar-refractivity contribution is 6.31. The normalized spacial score (nSPS) is 10.4. The van der Waals surface area contributed by atoms with Crippen molar-refractivity contribution in [3.05, 3.63) is 38.2 Å². The molecule has 0 saturated heterocycles. The maximum Gasteiger partial charge on any atom is 0.344 e. The lowest BCUT2D eigenvalue weighted by Gasteiger charge is -2.03. The highest BCUT2D eigenvalue weighted by atomic mass is 35.5. The van der Waals surface area contributed by atoms with Crippen LogP contribution in [0.15, 0.2) is 0 Å². The van der Waals surface area contributed by atoms with E-state index in [1.54, 1.807) is 0 Å². The average Bonchev–Trinajstić information content (AvgIpc) is 2.11. The predicted octanol–water partition coefficient (Wildman–Crippen LogP) is 2.97. The van der Waals surface area contributed by atoms with E-state index in [0.717, 1.165) is 6.92 Å². The van der Waals surface area contributed by atoms with Gasteiger partial charge in [-0.05, 0) is 6.92 Å². The molecule has 1 aromatic carbocycles. The van der Waals surface area contributed by atoms with Gasteiger partial charge in [-0.2, -0.15) is 8.78 Å². The Labute approximate surface area is 81.2 Å². The first kappa shape index (κ1) is 10.8. The summed E-state index contributed by atoms with van der Waals surface area (Å²) in [7, 11) is 0. The summed E-state index contributed by atoms with van der Waals surface area (Å²) < 4.78 is 38.7. The zero-order valence-corrected chi connectivity index (χ0v) is 7.53. The molecule has 7 heteroatoms. The van der Waals surface area contributed by atoms with Crippen LogP contribution in [0.1, 0.15) is 5.56 Å². The molecule has 0 saturated carbocycles. The van der Waals surface area contributed by atoms with Crippen molar-refractivity contribution in [3.63, 3.8) is 0 Å². The molecule has 0 aliphatic carbocycles. The molecule has 0 fully saturated rings. The molecular formula is C7H3ClF3NO2. The van der Waals surface area contributed by atoms with Gasteiger partial charge in [-0.1, -0.05) is 11.6 Å². The number of hydrogen-bond acceptors (Lipinski definition) is 2. The van der Waals surface area contributed by atoms with E-state index in [2.05, 4.69) is 0 Å². The van der Waals surface area contributed by atoms with Gasteiger partial charge in [-0.15, -0.1) is 0 Å². The fourth-order valence-electron chi connectivity index (χ4n) is 0.890. The van der Waals surface area contributed by atoms with Crippen LogP contribution in [0.25, 0.3) is 0 Å². The lowest BCUT2D eigenvalue weighted by Crippen LogP contribution is -2.03. The van der Waals surface area contributed by atoms with Gasteiger partial charge < -0.3 is 0 Å².